The zero-order valence-electron chi connectivity index (χ0n) is 10.2. The molecule has 18 heavy (non-hydrogen) atoms. The normalized spacial score (nSPS) is 14.8. The van der Waals surface area contributed by atoms with Gasteiger partial charge >= 0.3 is 6.01 Å². The maximum atomic E-state index is 11.5. The smallest absolute Gasteiger partial charge is 0.322 e. The van der Waals surface area contributed by atoms with Crippen LogP contribution >= 0.6 is 0 Å². The summed E-state index contributed by atoms with van der Waals surface area (Å²) < 4.78 is 7.08. The largest absolute Gasteiger partial charge is 0.401 e. The number of amides is 1. The van der Waals surface area contributed by atoms with E-state index in [1.54, 1.807) is 4.68 Å². The Hall–Kier alpha value is -2.18. The highest BCUT2D eigenvalue weighted by Crippen LogP contribution is 2.30. The fraction of sp³-hybridized carbons (Fsp3) is 0.455. The second-order valence-corrected chi connectivity index (χ2v) is 4.47. The van der Waals surface area contributed by atoms with Crippen molar-refractivity contribution in [3.8, 4) is 11.6 Å². The lowest BCUT2D eigenvalue weighted by Crippen LogP contribution is -2.13. The topological polar surface area (TPSA) is 85.8 Å². The molecule has 1 aliphatic carbocycles. The number of nitrogens with one attached hydrogen (secondary N) is 1. The minimum atomic E-state index is -0.0533. The third-order valence-corrected chi connectivity index (χ3v) is 2.94. The van der Waals surface area contributed by atoms with Gasteiger partial charge in [-0.1, -0.05) is 5.10 Å². The van der Waals surface area contributed by atoms with Crippen LogP contribution in [-0.2, 0) is 11.8 Å². The van der Waals surface area contributed by atoms with E-state index in [1.165, 1.54) is 0 Å². The quantitative estimate of drug-likeness (QED) is 0.878. The number of rotatable bonds is 3. The van der Waals surface area contributed by atoms with Crippen LogP contribution in [-0.4, -0.2) is 25.9 Å². The van der Waals surface area contributed by atoms with Gasteiger partial charge in [0.15, 0.2) is 0 Å². The number of aryl methyl sites for hydroxylation is 2. The predicted octanol–water partition coefficient (Wildman–Crippen LogP) is 1.13. The summed E-state index contributed by atoms with van der Waals surface area (Å²) in [5.74, 6) is 0.365. The molecule has 1 N–H and O–H groups in total. The second-order valence-electron chi connectivity index (χ2n) is 4.47. The van der Waals surface area contributed by atoms with Crippen molar-refractivity contribution in [2.75, 3.05) is 5.32 Å². The minimum absolute atomic E-state index is 0.0533. The Labute approximate surface area is 103 Å². The summed E-state index contributed by atoms with van der Waals surface area (Å²) in [5.41, 5.74) is 1.60. The summed E-state index contributed by atoms with van der Waals surface area (Å²) in [6.07, 6.45) is 1.87. The van der Waals surface area contributed by atoms with Crippen molar-refractivity contribution in [2.45, 2.75) is 19.8 Å². The summed E-state index contributed by atoms with van der Waals surface area (Å²) >= 11 is 0. The van der Waals surface area contributed by atoms with Crippen LogP contribution in [0.4, 0.5) is 6.01 Å². The van der Waals surface area contributed by atoms with Gasteiger partial charge < -0.3 is 4.42 Å². The molecular formula is C11H13N5O2. The highest BCUT2D eigenvalue weighted by Gasteiger charge is 2.30. The molecule has 0 atom stereocenters. The van der Waals surface area contributed by atoms with E-state index in [1.807, 2.05) is 20.0 Å². The molecule has 3 rings (SSSR count). The number of carbonyl (C=O) groups is 1. The van der Waals surface area contributed by atoms with Crippen molar-refractivity contribution in [3.05, 3.63) is 11.8 Å². The maximum absolute atomic E-state index is 11.5. The molecular weight excluding hydrogens is 234 g/mol. The van der Waals surface area contributed by atoms with Gasteiger partial charge in [-0.15, -0.1) is 5.10 Å². The highest BCUT2D eigenvalue weighted by molar-refractivity contribution is 5.92. The van der Waals surface area contributed by atoms with Gasteiger partial charge in [0.25, 0.3) is 5.89 Å². The van der Waals surface area contributed by atoms with Gasteiger partial charge in [-0.3, -0.25) is 14.8 Å². The molecule has 0 aromatic carbocycles. The number of carbonyl (C=O) groups excluding carboxylic acids is 1. The monoisotopic (exact) mass is 247 g/mol. The summed E-state index contributed by atoms with van der Waals surface area (Å²) in [7, 11) is 1.84. The van der Waals surface area contributed by atoms with Crippen LogP contribution in [0.1, 0.15) is 18.5 Å². The lowest BCUT2D eigenvalue weighted by Gasteiger charge is -1.95. The molecule has 0 radical (unpaired) electrons. The van der Waals surface area contributed by atoms with Crippen LogP contribution in [0.2, 0.25) is 0 Å². The van der Waals surface area contributed by atoms with Gasteiger partial charge in [-0.2, -0.15) is 5.10 Å². The van der Waals surface area contributed by atoms with Crippen molar-refractivity contribution in [2.24, 2.45) is 13.0 Å². The number of hydrogen-bond donors (Lipinski definition) is 1. The standard InChI is InChI=1S/C11H13N5O2/c1-6-5-8(15-16(6)2)10-13-14-11(18-10)12-9(17)7-3-4-7/h5,7H,3-4H2,1-2H3,(H,12,14,17). The van der Waals surface area contributed by atoms with Gasteiger partial charge in [0.05, 0.1) is 0 Å². The summed E-state index contributed by atoms with van der Waals surface area (Å²) in [6, 6.07) is 1.98. The number of nitrogens with zero attached hydrogens (tertiary/aromatic N) is 4. The average Bonchev–Trinajstić information content (AvgIpc) is 3.01. The lowest BCUT2D eigenvalue weighted by atomic mass is 10.4. The first kappa shape index (κ1) is 10.9. The molecule has 7 nitrogen and oxygen atoms in total. The van der Waals surface area contributed by atoms with Crippen molar-refractivity contribution in [1.29, 1.82) is 0 Å². The van der Waals surface area contributed by atoms with Crippen LogP contribution < -0.4 is 5.32 Å². The van der Waals surface area contributed by atoms with Gasteiger partial charge in [0.1, 0.15) is 5.69 Å². The Balaban J connectivity index is 1.78. The number of hydrogen-bond acceptors (Lipinski definition) is 5. The molecule has 1 saturated carbocycles. The molecule has 1 aliphatic rings. The van der Waals surface area contributed by atoms with Gasteiger partial charge in [-0.05, 0) is 25.8 Å². The Kier molecular flexibility index (Phi) is 2.39. The maximum Gasteiger partial charge on any atom is 0.322 e. The van der Waals surface area contributed by atoms with Crippen molar-refractivity contribution >= 4 is 11.9 Å². The molecule has 2 aromatic rings. The van der Waals surface area contributed by atoms with Gasteiger partial charge in [-0.25, -0.2) is 0 Å². The van der Waals surface area contributed by atoms with Crippen LogP contribution in [0.3, 0.4) is 0 Å². The van der Waals surface area contributed by atoms with E-state index in [0.29, 0.717) is 11.6 Å². The highest BCUT2D eigenvalue weighted by atomic mass is 16.4. The molecule has 1 fully saturated rings. The first-order chi connectivity index (χ1) is 8.63. The first-order valence-corrected chi connectivity index (χ1v) is 5.79. The molecule has 0 saturated heterocycles. The molecule has 0 spiro atoms. The Morgan fingerprint density at radius 1 is 1.50 bits per heavy atom. The van der Waals surface area contributed by atoms with Crippen molar-refractivity contribution in [1.82, 2.24) is 20.0 Å². The molecule has 94 valence electrons. The molecule has 2 heterocycles. The fourth-order valence-corrected chi connectivity index (χ4v) is 1.60. The van der Waals surface area contributed by atoms with E-state index < -0.39 is 0 Å². The third-order valence-electron chi connectivity index (χ3n) is 2.94. The first-order valence-electron chi connectivity index (χ1n) is 5.79. The lowest BCUT2D eigenvalue weighted by molar-refractivity contribution is -0.117. The molecule has 0 bridgehead atoms. The Morgan fingerprint density at radius 2 is 2.28 bits per heavy atom. The van der Waals surface area contributed by atoms with E-state index in [2.05, 4.69) is 20.6 Å². The number of aromatic nitrogens is 4. The molecule has 0 aliphatic heterocycles. The van der Waals surface area contributed by atoms with E-state index in [0.717, 1.165) is 18.5 Å². The molecule has 7 heteroatoms. The van der Waals surface area contributed by atoms with Crippen LogP contribution in [0.5, 0.6) is 0 Å². The summed E-state index contributed by atoms with van der Waals surface area (Å²) in [5, 5.41) is 14.5. The van der Waals surface area contributed by atoms with E-state index >= 15 is 0 Å². The minimum Gasteiger partial charge on any atom is -0.401 e. The van der Waals surface area contributed by atoms with Crippen LogP contribution in [0.15, 0.2) is 10.5 Å². The Bertz CT molecular complexity index is 577. The van der Waals surface area contributed by atoms with Crippen molar-refractivity contribution < 1.29 is 9.21 Å². The van der Waals surface area contributed by atoms with Gasteiger partial charge in [0.2, 0.25) is 5.91 Å². The zero-order chi connectivity index (χ0) is 12.7. The van der Waals surface area contributed by atoms with E-state index in [-0.39, 0.29) is 17.8 Å². The van der Waals surface area contributed by atoms with Crippen LogP contribution in [0, 0.1) is 12.8 Å². The zero-order valence-corrected chi connectivity index (χ0v) is 10.2. The summed E-state index contributed by atoms with van der Waals surface area (Å²) in [4.78, 5) is 11.5. The molecule has 1 amide bonds. The SMILES string of the molecule is Cc1cc(-c2nnc(NC(=O)C3CC3)o2)nn1C. The van der Waals surface area contributed by atoms with E-state index in [9.17, 15) is 4.79 Å². The molecule has 2 aromatic heterocycles. The van der Waals surface area contributed by atoms with E-state index in [4.69, 9.17) is 4.42 Å². The summed E-state index contributed by atoms with van der Waals surface area (Å²) in [6.45, 7) is 1.93. The average molecular weight is 247 g/mol. The predicted molar refractivity (Wildman–Crippen MR) is 62.6 cm³/mol. The van der Waals surface area contributed by atoms with Crippen molar-refractivity contribution in [3.63, 3.8) is 0 Å². The third kappa shape index (κ3) is 1.99. The molecule has 0 unspecified atom stereocenters. The second kappa shape index (κ2) is 3.94. The Morgan fingerprint density at radius 3 is 2.89 bits per heavy atom. The number of anilines is 1. The van der Waals surface area contributed by atoms with Crippen LogP contribution in [0.25, 0.3) is 11.6 Å². The van der Waals surface area contributed by atoms with Gasteiger partial charge in [0, 0.05) is 18.7 Å². The fourth-order valence-electron chi connectivity index (χ4n) is 1.60.